The summed E-state index contributed by atoms with van der Waals surface area (Å²) < 4.78 is 0. The van der Waals surface area contributed by atoms with Gasteiger partial charge >= 0.3 is 5.97 Å². The first-order chi connectivity index (χ1) is 8.45. The molecule has 1 aromatic heterocycles. The molecular formula is C11H15N3O4. The Bertz CT molecular complexity index is 450. The van der Waals surface area contributed by atoms with Crippen LogP contribution in [0.2, 0.25) is 0 Å². The van der Waals surface area contributed by atoms with Crippen molar-refractivity contribution in [2.45, 2.75) is 26.3 Å². The van der Waals surface area contributed by atoms with E-state index in [4.69, 9.17) is 5.11 Å². The largest absolute Gasteiger partial charge is 0.480 e. The van der Waals surface area contributed by atoms with Crippen molar-refractivity contribution in [3.8, 4) is 0 Å². The van der Waals surface area contributed by atoms with Gasteiger partial charge in [-0.15, -0.1) is 0 Å². The van der Waals surface area contributed by atoms with E-state index in [1.807, 2.05) is 13.8 Å². The number of hydrogen-bond acceptors (Lipinski definition) is 5. The van der Waals surface area contributed by atoms with Gasteiger partial charge in [0.25, 0.3) is 5.69 Å². The minimum atomic E-state index is -0.997. The predicted octanol–water partition coefficient (Wildman–Crippen LogP) is 1.68. The van der Waals surface area contributed by atoms with Crippen molar-refractivity contribution in [3.05, 3.63) is 28.4 Å². The fourth-order valence-corrected chi connectivity index (χ4v) is 1.51. The van der Waals surface area contributed by atoms with E-state index in [1.54, 1.807) is 0 Å². The molecule has 98 valence electrons. The summed E-state index contributed by atoms with van der Waals surface area (Å²) in [4.78, 5) is 26.5. The first kappa shape index (κ1) is 13.9. The second-order valence-electron chi connectivity index (χ2n) is 3.91. The summed E-state index contributed by atoms with van der Waals surface area (Å²) in [6.45, 7) is 3.53. The number of anilines is 1. The third-order valence-electron chi connectivity index (χ3n) is 2.66. The molecule has 0 aliphatic rings. The molecule has 1 aromatic rings. The summed E-state index contributed by atoms with van der Waals surface area (Å²) in [5.41, 5.74) is -0.0984. The molecule has 0 aromatic carbocycles. The number of nitrogens with zero attached hydrogens (tertiary/aromatic N) is 3. The first-order valence-electron chi connectivity index (χ1n) is 5.54. The minimum Gasteiger partial charge on any atom is -0.480 e. The fourth-order valence-electron chi connectivity index (χ4n) is 1.51. The molecule has 18 heavy (non-hydrogen) atoms. The van der Waals surface area contributed by atoms with Crippen LogP contribution in [0.15, 0.2) is 18.3 Å². The monoisotopic (exact) mass is 253 g/mol. The highest BCUT2D eigenvalue weighted by Crippen LogP contribution is 2.20. The molecule has 0 radical (unpaired) electrons. The number of rotatable bonds is 6. The van der Waals surface area contributed by atoms with Crippen LogP contribution in [0.4, 0.5) is 11.5 Å². The highest BCUT2D eigenvalue weighted by Gasteiger charge is 2.19. The van der Waals surface area contributed by atoms with Gasteiger partial charge in [-0.2, -0.15) is 0 Å². The lowest BCUT2D eigenvalue weighted by atomic mass is 10.2. The highest BCUT2D eigenvalue weighted by atomic mass is 16.6. The Kier molecular flexibility index (Phi) is 4.59. The zero-order valence-corrected chi connectivity index (χ0v) is 10.2. The fraction of sp³-hybridized carbons (Fsp3) is 0.455. The van der Waals surface area contributed by atoms with Gasteiger partial charge in [0.1, 0.15) is 12.4 Å². The van der Waals surface area contributed by atoms with Crippen LogP contribution >= 0.6 is 0 Å². The number of aromatic nitrogens is 1. The molecular weight excluding hydrogens is 238 g/mol. The van der Waals surface area contributed by atoms with Crippen molar-refractivity contribution < 1.29 is 14.8 Å². The van der Waals surface area contributed by atoms with Crippen LogP contribution < -0.4 is 4.90 Å². The van der Waals surface area contributed by atoms with Crippen LogP contribution in [0.25, 0.3) is 0 Å². The molecule has 1 atom stereocenters. The third-order valence-corrected chi connectivity index (χ3v) is 2.66. The average molecular weight is 253 g/mol. The molecule has 0 spiro atoms. The van der Waals surface area contributed by atoms with Crippen LogP contribution in [0.5, 0.6) is 0 Å². The average Bonchev–Trinajstić information content (AvgIpc) is 2.35. The van der Waals surface area contributed by atoms with E-state index >= 15 is 0 Å². The summed E-state index contributed by atoms with van der Waals surface area (Å²) in [5.74, 6) is -0.690. The van der Waals surface area contributed by atoms with E-state index in [9.17, 15) is 14.9 Å². The molecule has 1 rings (SSSR count). The van der Waals surface area contributed by atoms with Crippen molar-refractivity contribution in [1.82, 2.24) is 4.98 Å². The molecule has 0 amide bonds. The van der Waals surface area contributed by atoms with Gasteiger partial charge in [-0.05, 0) is 13.3 Å². The van der Waals surface area contributed by atoms with Gasteiger partial charge in [0.15, 0.2) is 0 Å². The first-order valence-corrected chi connectivity index (χ1v) is 5.54. The van der Waals surface area contributed by atoms with E-state index < -0.39 is 10.9 Å². The van der Waals surface area contributed by atoms with E-state index in [0.29, 0.717) is 5.82 Å². The van der Waals surface area contributed by atoms with E-state index in [-0.39, 0.29) is 18.3 Å². The molecule has 0 aliphatic carbocycles. The molecule has 7 nitrogen and oxygen atoms in total. The standard InChI is InChI=1S/C11H15N3O4/c1-3-8(2)13(7-11(15)16)10-6-9(14(17)18)4-5-12-10/h4-6,8H,3,7H2,1-2H3,(H,15,16). The minimum absolute atomic E-state index is 0.0596. The Morgan fingerprint density at radius 2 is 2.33 bits per heavy atom. The van der Waals surface area contributed by atoms with Gasteiger partial charge in [0.05, 0.1) is 11.0 Å². The van der Waals surface area contributed by atoms with Gasteiger partial charge in [-0.1, -0.05) is 6.92 Å². The normalized spacial score (nSPS) is 11.9. The van der Waals surface area contributed by atoms with Gasteiger partial charge < -0.3 is 10.0 Å². The SMILES string of the molecule is CCC(C)N(CC(=O)O)c1cc([N+](=O)[O-])ccn1. The van der Waals surface area contributed by atoms with Crippen molar-refractivity contribution in [1.29, 1.82) is 0 Å². The lowest BCUT2D eigenvalue weighted by molar-refractivity contribution is -0.384. The van der Waals surface area contributed by atoms with Crippen molar-refractivity contribution in [3.63, 3.8) is 0 Å². The maximum Gasteiger partial charge on any atom is 0.323 e. The number of carbonyl (C=O) groups is 1. The zero-order valence-electron chi connectivity index (χ0n) is 10.2. The topological polar surface area (TPSA) is 96.6 Å². The smallest absolute Gasteiger partial charge is 0.323 e. The lowest BCUT2D eigenvalue weighted by Gasteiger charge is -2.27. The van der Waals surface area contributed by atoms with Crippen LogP contribution in [-0.2, 0) is 4.79 Å². The molecule has 0 saturated heterocycles. The van der Waals surface area contributed by atoms with Gasteiger partial charge in [-0.25, -0.2) is 4.98 Å². The molecule has 0 fully saturated rings. The molecule has 0 aliphatic heterocycles. The molecule has 0 saturated carbocycles. The maximum absolute atomic E-state index is 10.8. The quantitative estimate of drug-likeness (QED) is 0.612. The van der Waals surface area contributed by atoms with Gasteiger partial charge in [-0.3, -0.25) is 14.9 Å². The Morgan fingerprint density at radius 1 is 1.67 bits per heavy atom. The maximum atomic E-state index is 10.8. The number of nitro groups is 1. The molecule has 1 N–H and O–H groups in total. The van der Waals surface area contributed by atoms with Crippen LogP contribution in [-0.4, -0.2) is 33.6 Å². The number of hydrogen-bond donors (Lipinski definition) is 1. The molecule has 0 bridgehead atoms. The van der Waals surface area contributed by atoms with E-state index in [2.05, 4.69) is 4.98 Å². The zero-order chi connectivity index (χ0) is 13.7. The van der Waals surface area contributed by atoms with Crippen molar-refractivity contribution in [2.24, 2.45) is 0 Å². The Morgan fingerprint density at radius 3 is 2.83 bits per heavy atom. The van der Waals surface area contributed by atoms with Gasteiger partial charge in [0.2, 0.25) is 0 Å². The molecule has 1 unspecified atom stereocenters. The molecule has 1 heterocycles. The predicted molar refractivity (Wildman–Crippen MR) is 65.6 cm³/mol. The van der Waals surface area contributed by atoms with Crippen molar-refractivity contribution >= 4 is 17.5 Å². The van der Waals surface area contributed by atoms with Crippen LogP contribution in [0, 0.1) is 10.1 Å². The Hall–Kier alpha value is -2.18. The summed E-state index contributed by atoms with van der Waals surface area (Å²) in [7, 11) is 0. The summed E-state index contributed by atoms with van der Waals surface area (Å²) in [6, 6.07) is 2.50. The van der Waals surface area contributed by atoms with E-state index in [0.717, 1.165) is 6.42 Å². The lowest BCUT2D eigenvalue weighted by Crippen LogP contribution is -2.37. The molecule has 7 heteroatoms. The number of carboxylic acids is 1. The number of carboxylic acid groups (broad SMARTS) is 1. The van der Waals surface area contributed by atoms with Crippen molar-refractivity contribution in [2.75, 3.05) is 11.4 Å². The third kappa shape index (κ3) is 3.41. The number of aliphatic carboxylic acids is 1. The second-order valence-corrected chi connectivity index (χ2v) is 3.91. The second kappa shape index (κ2) is 5.95. The number of pyridine rings is 1. The van der Waals surface area contributed by atoms with Crippen LogP contribution in [0.3, 0.4) is 0 Å². The summed E-state index contributed by atoms with van der Waals surface area (Å²) >= 11 is 0. The summed E-state index contributed by atoms with van der Waals surface area (Å²) in [5, 5.41) is 19.5. The van der Waals surface area contributed by atoms with E-state index in [1.165, 1.54) is 23.2 Å². The van der Waals surface area contributed by atoms with Crippen LogP contribution in [0.1, 0.15) is 20.3 Å². The Balaban J connectivity index is 3.07. The highest BCUT2D eigenvalue weighted by molar-refractivity contribution is 5.73. The van der Waals surface area contributed by atoms with Gasteiger partial charge in [0, 0.05) is 18.3 Å². The Labute approximate surface area is 104 Å². The summed E-state index contributed by atoms with van der Waals surface area (Å²) in [6.07, 6.45) is 2.03.